The molecule has 2 aromatic carbocycles. The Morgan fingerprint density at radius 2 is 1.91 bits per heavy atom. The van der Waals surface area contributed by atoms with Crippen molar-refractivity contribution >= 4 is 17.3 Å². The molecule has 1 heterocycles. The Hall–Kier alpha value is -2.86. The molecule has 1 amide bonds. The number of amides is 1. The van der Waals surface area contributed by atoms with Gasteiger partial charge in [0.05, 0.1) is 12.8 Å². The van der Waals surface area contributed by atoms with Crippen LogP contribution in [0.25, 0.3) is 0 Å². The van der Waals surface area contributed by atoms with E-state index >= 15 is 0 Å². The van der Waals surface area contributed by atoms with Gasteiger partial charge in [0.15, 0.2) is 5.60 Å². The van der Waals surface area contributed by atoms with Gasteiger partial charge in [0.25, 0.3) is 5.91 Å². The maximum absolute atomic E-state index is 12.2. The molecule has 0 spiro atoms. The minimum Gasteiger partial charge on any atom is -0.497 e. The highest BCUT2D eigenvalue weighted by Crippen LogP contribution is 2.39. The first-order valence-electron chi connectivity index (χ1n) is 7.07. The lowest BCUT2D eigenvalue weighted by Crippen LogP contribution is -2.36. The fourth-order valence-corrected chi connectivity index (χ4v) is 2.70. The number of carbonyl (C=O) groups excluding carboxylic acids is 1. The lowest BCUT2D eigenvalue weighted by Gasteiger charge is -2.21. The number of fused-ring (bicyclic) bond motifs is 1. The molecule has 0 bridgehead atoms. The molecule has 23 heavy (non-hydrogen) atoms. The predicted molar refractivity (Wildman–Crippen MR) is 84.9 cm³/mol. The summed E-state index contributed by atoms with van der Waals surface area (Å²) in [6.07, 6.45) is -0.140. The summed E-state index contributed by atoms with van der Waals surface area (Å²) in [6, 6.07) is 13.7. The lowest BCUT2D eigenvalue weighted by molar-refractivity contribution is -0.132. The van der Waals surface area contributed by atoms with E-state index in [1.807, 2.05) is 0 Å². The predicted octanol–water partition coefficient (Wildman–Crippen LogP) is 2.10. The van der Waals surface area contributed by atoms with Crippen LogP contribution < -0.4 is 10.1 Å². The molecule has 3 rings (SSSR count). The smallest absolute Gasteiger partial charge is 0.261 e. The molecule has 1 atom stereocenters. The second-order valence-electron chi connectivity index (χ2n) is 5.31. The van der Waals surface area contributed by atoms with Crippen LogP contribution in [0, 0.1) is 0 Å². The maximum atomic E-state index is 12.2. The van der Waals surface area contributed by atoms with Crippen LogP contribution in [0.4, 0.5) is 5.69 Å². The molecule has 0 aliphatic carbocycles. The number of nitrogens with zero attached hydrogens (tertiary/aromatic N) is 1. The molecule has 0 aromatic heterocycles. The van der Waals surface area contributed by atoms with Gasteiger partial charge in [-0.15, -0.1) is 0 Å². The van der Waals surface area contributed by atoms with Crippen molar-refractivity contribution in [2.75, 3.05) is 12.4 Å². The summed E-state index contributed by atoms with van der Waals surface area (Å²) in [5.41, 5.74) is 0.0746. The van der Waals surface area contributed by atoms with Gasteiger partial charge >= 0.3 is 0 Å². The summed E-state index contributed by atoms with van der Waals surface area (Å²) in [5, 5.41) is 26.1. The second kappa shape index (κ2) is 5.73. The number of methoxy groups -OCH3 is 1. The van der Waals surface area contributed by atoms with Crippen LogP contribution in [0.1, 0.15) is 17.5 Å². The zero-order chi connectivity index (χ0) is 16.4. The SMILES string of the molecule is COc1ccc(/C(CC2(O)C(=O)Nc3ccccc32)=N/O)cc1. The number of nitrogens with one attached hydrogen (secondary N) is 1. The number of anilines is 1. The van der Waals surface area contributed by atoms with Gasteiger partial charge in [0.1, 0.15) is 5.75 Å². The molecule has 0 saturated heterocycles. The van der Waals surface area contributed by atoms with Crippen LogP contribution in [-0.4, -0.2) is 29.0 Å². The van der Waals surface area contributed by atoms with E-state index in [9.17, 15) is 15.1 Å². The molecule has 6 nitrogen and oxygen atoms in total. The van der Waals surface area contributed by atoms with Crippen LogP contribution in [0.3, 0.4) is 0 Å². The number of ether oxygens (including phenoxy) is 1. The molecular weight excluding hydrogens is 296 g/mol. The van der Waals surface area contributed by atoms with Crippen molar-refractivity contribution in [2.45, 2.75) is 12.0 Å². The van der Waals surface area contributed by atoms with Crippen LogP contribution in [0.2, 0.25) is 0 Å². The van der Waals surface area contributed by atoms with Crippen molar-refractivity contribution in [3.63, 3.8) is 0 Å². The first-order valence-corrected chi connectivity index (χ1v) is 7.07. The highest BCUT2D eigenvalue weighted by atomic mass is 16.5. The van der Waals surface area contributed by atoms with Crippen molar-refractivity contribution in [3.8, 4) is 5.75 Å². The zero-order valence-corrected chi connectivity index (χ0v) is 12.5. The Morgan fingerprint density at radius 3 is 2.57 bits per heavy atom. The third-order valence-electron chi connectivity index (χ3n) is 3.96. The minimum absolute atomic E-state index is 0.140. The van der Waals surface area contributed by atoms with Gasteiger partial charge in [-0.1, -0.05) is 23.4 Å². The van der Waals surface area contributed by atoms with Crippen molar-refractivity contribution < 1.29 is 19.8 Å². The van der Waals surface area contributed by atoms with Gasteiger partial charge in [0, 0.05) is 17.7 Å². The number of benzene rings is 2. The van der Waals surface area contributed by atoms with Gasteiger partial charge in [-0.05, 0) is 35.9 Å². The summed E-state index contributed by atoms with van der Waals surface area (Å²) in [5.74, 6) is 0.127. The van der Waals surface area contributed by atoms with E-state index < -0.39 is 11.5 Å². The molecule has 1 unspecified atom stereocenters. The third-order valence-corrected chi connectivity index (χ3v) is 3.96. The number of aliphatic hydroxyl groups is 1. The summed E-state index contributed by atoms with van der Waals surface area (Å²) in [4.78, 5) is 12.2. The Bertz CT molecular complexity index is 770. The van der Waals surface area contributed by atoms with Gasteiger partial charge in [-0.25, -0.2) is 0 Å². The lowest BCUT2D eigenvalue weighted by atomic mass is 9.88. The topological polar surface area (TPSA) is 91.2 Å². The van der Waals surface area contributed by atoms with Crippen LogP contribution in [0.15, 0.2) is 53.7 Å². The summed E-state index contributed by atoms with van der Waals surface area (Å²) in [6.45, 7) is 0. The first-order chi connectivity index (χ1) is 11.1. The highest BCUT2D eigenvalue weighted by molar-refractivity contribution is 6.10. The summed E-state index contributed by atoms with van der Waals surface area (Å²) in [7, 11) is 1.55. The first kappa shape index (κ1) is 15.1. The van der Waals surface area contributed by atoms with Crippen molar-refractivity contribution in [2.24, 2.45) is 5.16 Å². The molecule has 0 radical (unpaired) electrons. The van der Waals surface area contributed by atoms with Crippen LogP contribution >= 0.6 is 0 Å². The van der Waals surface area contributed by atoms with Crippen LogP contribution in [0.5, 0.6) is 5.75 Å². The number of rotatable bonds is 4. The molecule has 0 fully saturated rings. The van der Waals surface area contributed by atoms with E-state index in [1.54, 1.807) is 55.6 Å². The molecule has 118 valence electrons. The normalized spacial score (nSPS) is 20.1. The van der Waals surface area contributed by atoms with Crippen molar-refractivity contribution in [3.05, 3.63) is 59.7 Å². The zero-order valence-electron chi connectivity index (χ0n) is 12.5. The van der Waals surface area contributed by atoms with E-state index in [0.717, 1.165) is 0 Å². The summed E-state index contributed by atoms with van der Waals surface area (Å²) >= 11 is 0. The van der Waals surface area contributed by atoms with E-state index in [0.29, 0.717) is 22.6 Å². The fourth-order valence-electron chi connectivity index (χ4n) is 2.70. The summed E-state index contributed by atoms with van der Waals surface area (Å²) < 4.78 is 5.08. The van der Waals surface area contributed by atoms with E-state index in [1.165, 1.54) is 0 Å². The van der Waals surface area contributed by atoms with E-state index in [2.05, 4.69) is 10.5 Å². The van der Waals surface area contributed by atoms with Crippen molar-refractivity contribution in [1.29, 1.82) is 0 Å². The van der Waals surface area contributed by atoms with Gasteiger partial charge in [-0.2, -0.15) is 0 Å². The maximum Gasteiger partial charge on any atom is 0.261 e. The Labute approximate surface area is 133 Å². The number of hydrogen-bond acceptors (Lipinski definition) is 5. The fraction of sp³-hybridized carbons (Fsp3) is 0.176. The molecule has 2 aromatic rings. The van der Waals surface area contributed by atoms with Crippen molar-refractivity contribution in [1.82, 2.24) is 0 Å². The number of oxime groups is 1. The Kier molecular flexibility index (Phi) is 3.75. The quantitative estimate of drug-likeness (QED) is 0.458. The highest BCUT2D eigenvalue weighted by Gasteiger charge is 2.46. The van der Waals surface area contributed by atoms with Gasteiger partial charge < -0.3 is 20.4 Å². The minimum atomic E-state index is -1.77. The Balaban J connectivity index is 1.94. The Morgan fingerprint density at radius 1 is 1.22 bits per heavy atom. The average Bonchev–Trinajstić information content (AvgIpc) is 2.84. The molecule has 3 N–H and O–H groups in total. The standard InChI is InChI=1S/C17H16N2O4/c1-23-12-8-6-11(7-9-12)15(19-22)10-17(21)13-4-2-3-5-14(13)18-16(17)20/h2-9,21-22H,10H2,1H3,(H,18,20)/b19-15+. The van der Waals surface area contributed by atoms with Gasteiger partial charge in [-0.3, -0.25) is 4.79 Å². The second-order valence-corrected chi connectivity index (χ2v) is 5.31. The molecule has 0 saturated carbocycles. The molecule has 1 aliphatic heterocycles. The third kappa shape index (κ3) is 2.53. The largest absolute Gasteiger partial charge is 0.497 e. The average molecular weight is 312 g/mol. The van der Waals surface area contributed by atoms with Gasteiger partial charge in [0.2, 0.25) is 0 Å². The molecular formula is C17H16N2O4. The van der Waals surface area contributed by atoms with Crippen LogP contribution in [-0.2, 0) is 10.4 Å². The monoisotopic (exact) mass is 312 g/mol. The van der Waals surface area contributed by atoms with E-state index in [4.69, 9.17) is 4.74 Å². The number of hydrogen-bond donors (Lipinski definition) is 3. The molecule has 1 aliphatic rings. The number of carbonyl (C=O) groups is 1. The van der Waals surface area contributed by atoms with E-state index in [-0.39, 0.29) is 12.1 Å². The number of para-hydroxylation sites is 1. The molecule has 6 heteroatoms.